The van der Waals surface area contributed by atoms with Gasteiger partial charge in [-0.15, -0.1) is 10.2 Å². The van der Waals surface area contributed by atoms with Gasteiger partial charge in [-0.25, -0.2) is 17.4 Å². The summed E-state index contributed by atoms with van der Waals surface area (Å²) in [6.45, 7) is 1.00. The second kappa shape index (κ2) is 9.93. The third-order valence-electron chi connectivity index (χ3n) is 4.80. The molecule has 2 N–H and O–H groups in total. The lowest BCUT2D eigenvalue weighted by molar-refractivity contribution is -0.142. The number of amides is 1. The van der Waals surface area contributed by atoms with E-state index in [4.69, 9.17) is 14.3 Å². The highest BCUT2D eigenvalue weighted by Crippen LogP contribution is 2.37. The monoisotopic (exact) mass is 559 g/mol. The Balaban J connectivity index is 2.11. The summed E-state index contributed by atoms with van der Waals surface area (Å²) in [6, 6.07) is 7.66. The maximum Gasteiger partial charge on any atom is 0.435 e. The average molecular weight is 560 g/mol. The number of nitrogens with zero attached hydrogens (tertiary/aromatic N) is 3. The van der Waals surface area contributed by atoms with Gasteiger partial charge in [-0.05, 0) is 42.8 Å². The first-order valence-corrected chi connectivity index (χ1v) is 13.9. The number of rotatable bonds is 7. The van der Waals surface area contributed by atoms with E-state index in [1.54, 1.807) is 0 Å². The van der Waals surface area contributed by atoms with E-state index in [0.717, 1.165) is 32.4 Å². The topological polar surface area (TPSA) is 161 Å². The zero-order chi connectivity index (χ0) is 27.8. The van der Waals surface area contributed by atoms with Gasteiger partial charge in [0.1, 0.15) is 5.56 Å². The van der Waals surface area contributed by atoms with Crippen LogP contribution < -0.4 is 14.8 Å². The van der Waals surface area contributed by atoms with Gasteiger partial charge in [0.05, 0.1) is 16.8 Å². The molecule has 0 fully saturated rings. The zero-order valence-corrected chi connectivity index (χ0v) is 21.3. The number of carbonyl (C=O) groups excluding carboxylic acids is 1. The number of sulfone groups is 1. The van der Waals surface area contributed by atoms with Gasteiger partial charge < -0.3 is 14.8 Å². The summed E-state index contributed by atoms with van der Waals surface area (Å²) in [5, 5.41) is 8.62. The van der Waals surface area contributed by atoms with Crippen LogP contribution in [0.3, 0.4) is 0 Å². The Morgan fingerprint density at radius 1 is 1.05 bits per heavy atom. The van der Waals surface area contributed by atoms with Crippen LogP contribution in [-0.4, -0.2) is 53.3 Å². The lowest BCUT2D eigenvalue weighted by Crippen LogP contribution is -2.21. The van der Waals surface area contributed by atoms with Crippen molar-refractivity contribution in [1.29, 1.82) is 4.78 Å². The van der Waals surface area contributed by atoms with Gasteiger partial charge in [0.25, 0.3) is 17.7 Å². The molecule has 1 aromatic carbocycles. The zero-order valence-electron chi connectivity index (χ0n) is 19.7. The summed E-state index contributed by atoms with van der Waals surface area (Å²) in [5.41, 5.74) is -2.62. The summed E-state index contributed by atoms with van der Waals surface area (Å²) in [6.07, 6.45) is -2.86. The molecule has 2 heterocycles. The number of nitrogens with one attached hydrogen (secondary N) is 2. The van der Waals surface area contributed by atoms with Crippen molar-refractivity contribution >= 4 is 31.2 Å². The van der Waals surface area contributed by atoms with Crippen LogP contribution >= 0.6 is 0 Å². The van der Waals surface area contributed by atoms with E-state index < -0.39 is 54.4 Å². The fraction of sp³-hybridized carbons (Fsp3) is 0.238. The predicted molar refractivity (Wildman–Crippen MR) is 125 cm³/mol. The van der Waals surface area contributed by atoms with Crippen LogP contribution in [0.1, 0.15) is 21.6 Å². The largest absolute Gasteiger partial charge is 0.478 e. The molecule has 16 heteroatoms. The third kappa shape index (κ3) is 6.32. The summed E-state index contributed by atoms with van der Waals surface area (Å²) in [5.74, 6) is -2.31. The second-order valence-electron chi connectivity index (χ2n) is 7.71. The van der Waals surface area contributed by atoms with Crippen molar-refractivity contribution in [2.75, 3.05) is 24.9 Å². The van der Waals surface area contributed by atoms with Crippen LogP contribution in [0.25, 0.3) is 0 Å². The van der Waals surface area contributed by atoms with Crippen molar-refractivity contribution in [3.05, 3.63) is 53.2 Å². The number of carbonyl (C=O) groups is 1. The molecule has 3 rings (SSSR count). The molecular weight excluding hydrogens is 539 g/mol. The van der Waals surface area contributed by atoms with Crippen molar-refractivity contribution < 1.29 is 40.1 Å². The molecule has 0 aliphatic heterocycles. The van der Waals surface area contributed by atoms with E-state index in [9.17, 15) is 30.6 Å². The third-order valence-corrected chi connectivity index (χ3v) is 6.94. The summed E-state index contributed by atoms with van der Waals surface area (Å²) in [7, 11) is -5.71. The number of ether oxygens (including phenoxy) is 2. The van der Waals surface area contributed by atoms with Crippen LogP contribution in [0.15, 0.2) is 46.3 Å². The molecule has 0 bridgehead atoms. The minimum Gasteiger partial charge on any atom is -0.478 e. The fourth-order valence-electron chi connectivity index (χ4n) is 3.06. The Kier molecular flexibility index (Phi) is 7.46. The number of benzene rings is 1. The first-order chi connectivity index (χ1) is 17.0. The van der Waals surface area contributed by atoms with Crippen LogP contribution in [-0.2, 0) is 25.7 Å². The first-order valence-electron chi connectivity index (χ1n) is 10.0. The van der Waals surface area contributed by atoms with Gasteiger partial charge >= 0.3 is 6.18 Å². The van der Waals surface area contributed by atoms with Crippen molar-refractivity contribution in [2.24, 2.45) is 0 Å². The van der Waals surface area contributed by atoms with E-state index >= 15 is 0 Å². The van der Waals surface area contributed by atoms with E-state index in [1.165, 1.54) is 30.5 Å². The Morgan fingerprint density at radius 3 is 2.30 bits per heavy atom. The smallest absolute Gasteiger partial charge is 0.435 e. The summed E-state index contributed by atoms with van der Waals surface area (Å²) in [4.78, 5) is 17.0. The number of halogens is 3. The van der Waals surface area contributed by atoms with E-state index in [0.29, 0.717) is 0 Å². The quantitative estimate of drug-likeness (QED) is 0.440. The number of alkyl halides is 3. The number of hydrogen-bond acceptors (Lipinski definition) is 10. The molecule has 3 aromatic rings. The molecule has 0 saturated heterocycles. The number of hydrogen-bond donors (Lipinski definition) is 2. The molecule has 0 aliphatic carbocycles. The molecule has 1 atom stereocenters. The fourth-order valence-corrected chi connectivity index (χ4v) is 4.32. The van der Waals surface area contributed by atoms with Crippen molar-refractivity contribution in [1.82, 2.24) is 15.2 Å². The van der Waals surface area contributed by atoms with Gasteiger partial charge in [-0.2, -0.15) is 18.2 Å². The molecule has 0 radical (unpaired) electrons. The van der Waals surface area contributed by atoms with Crippen LogP contribution in [0.4, 0.5) is 18.9 Å². The first kappa shape index (κ1) is 27.8. The van der Waals surface area contributed by atoms with Crippen molar-refractivity contribution in [2.45, 2.75) is 23.0 Å². The van der Waals surface area contributed by atoms with E-state index in [-0.39, 0.29) is 27.2 Å². The van der Waals surface area contributed by atoms with Gasteiger partial charge in [-0.1, -0.05) is 6.07 Å². The highest BCUT2D eigenvalue weighted by molar-refractivity contribution is 7.91. The molecule has 0 aliphatic rings. The molecule has 11 nitrogen and oxygen atoms in total. The molecule has 198 valence electrons. The molecule has 0 spiro atoms. The highest BCUT2D eigenvalue weighted by atomic mass is 32.2. The van der Waals surface area contributed by atoms with Gasteiger partial charge in [0.15, 0.2) is 26.3 Å². The van der Waals surface area contributed by atoms with Crippen LogP contribution in [0.2, 0.25) is 0 Å². The van der Waals surface area contributed by atoms with Crippen molar-refractivity contribution in [3.63, 3.8) is 0 Å². The van der Waals surface area contributed by atoms with Crippen LogP contribution in [0.5, 0.6) is 17.5 Å². The van der Waals surface area contributed by atoms with Crippen LogP contribution in [0, 0.1) is 11.7 Å². The predicted octanol–water partition coefficient (Wildman–Crippen LogP) is 3.69. The average Bonchev–Trinajstić information content (AvgIpc) is 2.77. The molecule has 1 unspecified atom stereocenters. The SMILES string of the molecule is COc1nc(S(C)(=O)=O)ccc1Oc1nnc(C(F)(F)F)c(C)c1C(=O)Nc1cccc(S(C)(=N)=O)c1. The Hall–Kier alpha value is -3.79. The molecular formula is C21H20F3N5O6S2. The lowest BCUT2D eigenvalue weighted by atomic mass is 10.1. The molecule has 37 heavy (non-hydrogen) atoms. The Bertz CT molecular complexity index is 1590. The van der Waals surface area contributed by atoms with Gasteiger partial charge in [0.2, 0.25) is 0 Å². The maximum atomic E-state index is 13.5. The second-order valence-corrected chi connectivity index (χ2v) is 11.8. The molecule has 0 saturated carbocycles. The van der Waals surface area contributed by atoms with E-state index in [1.807, 2.05) is 0 Å². The minimum absolute atomic E-state index is 0.0526. The van der Waals surface area contributed by atoms with Gasteiger partial charge in [0, 0.05) is 23.1 Å². The Labute approximate surface area is 209 Å². The molecule has 1 amide bonds. The summed E-state index contributed by atoms with van der Waals surface area (Å²) >= 11 is 0. The van der Waals surface area contributed by atoms with E-state index in [2.05, 4.69) is 20.5 Å². The molecule has 2 aromatic heterocycles. The summed E-state index contributed by atoms with van der Waals surface area (Å²) < 4.78 is 94.4. The van der Waals surface area contributed by atoms with Crippen molar-refractivity contribution in [3.8, 4) is 17.5 Å². The number of pyridine rings is 1. The lowest BCUT2D eigenvalue weighted by Gasteiger charge is -2.17. The Morgan fingerprint density at radius 2 is 1.73 bits per heavy atom. The number of anilines is 1. The number of methoxy groups -OCH3 is 1. The highest BCUT2D eigenvalue weighted by Gasteiger charge is 2.38. The van der Waals surface area contributed by atoms with Gasteiger partial charge in [-0.3, -0.25) is 4.79 Å². The standard InChI is InChI=1S/C21H20F3N5O6S2/c1-11-16(18(30)26-12-6-5-7-13(10-12)36(3,25)31)20(29-28-17(11)21(22,23)24)35-14-8-9-15(37(4,32)33)27-19(14)34-2/h5-10,25H,1-4H3,(H,26,30). The maximum absolute atomic E-state index is 13.5. The minimum atomic E-state index is -4.94. The number of aromatic nitrogens is 3. The normalized spacial score (nSPS) is 13.5.